The molecule has 1 heterocycles. The first-order valence-electron chi connectivity index (χ1n) is 7.47. The number of likely N-dealkylation sites (tertiary alicyclic amines) is 1. The minimum Gasteiger partial charge on any atom is -0.481 e. The third-order valence-electron chi connectivity index (χ3n) is 4.33. The van der Waals surface area contributed by atoms with Gasteiger partial charge in [0.05, 0.1) is 11.5 Å². The summed E-state index contributed by atoms with van der Waals surface area (Å²) in [6.45, 7) is 2.89. The van der Waals surface area contributed by atoms with Gasteiger partial charge in [0, 0.05) is 6.04 Å². The van der Waals surface area contributed by atoms with E-state index in [1.165, 1.54) is 12.1 Å². The standard InChI is InChI=1S/C16H20F3NO2/c1-2-14(20-9-7-11(8-10-20)15(21)22)12-5-3-4-6-13(12)16(17,18)19/h3-6,11,14H,2,7-10H2,1H3,(H,21,22). The molecular weight excluding hydrogens is 295 g/mol. The highest BCUT2D eigenvalue weighted by atomic mass is 19.4. The van der Waals surface area contributed by atoms with E-state index in [2.05, 4.69) is 0 Å². The molecule has 122 valence electrons. The molecule has 1 unspecified atom stereocenters. The van der Waals surface area contributed by atoms with Crippen LogP contribution in [-0.2, 0) is 11.0 Å². The lowest BCUT2D eigenvalue weighted by Gasteiger charge is -2.37. The molecule has 0 saturated carbocycles. The molecule has 1 aliphatic heterocycles. The van der Waals surface area contributed by atoms with Gasteiger partial charge in [0.15, 0.2) is 0 Å². The van der Waals surface area contributed by atoms with E-state index in [0.29, 0.717) is 32.4 Å². The van der Waals surface area contributed by atoms with Crippen molar-refractivity contribution in [2.24, 2.45) is 5.92 Å². The number of halogens is 3. The quantitative estimate of drug-likeness (QED) is 0.914. The van der Waals surface area contributed by atoms with E-state index in [9.17, 15) is 18.0 Å². The van der Waals surface area contributed by atoms with E-state index < -0.39 is 17.7 Å². The zero-order chi connectivity index (χ0) is 16.3. The Morgan fingerprint density at radius 3 is 2.41 bits per heavy atom. The van der Waals surface area contributed by atoms with Crippen LogP contribution in [0.3, 0.4) is 0 Å². The average molecular weight is 315 g/mol. The van der Waals surface area contributed by atoms with Crippen molar-refractivity contribution in [2.45, 2.75) is 38.4 Å². The van der Waals surface area contributed by atoms with Crippen molar-refractivity contribution in [3.05, 3.63) is 35.4 Å². The maximum atomic E-state index is 13.2. The van der Waals surface area contributed by atoms with Gasteiger partial charge in [-0.15, -0.1) is 0 Å². The normalized spacial score (nSPS) is 19.1. The van der Waals surface area contributed by atoms with Gasteiger partial charge in [0.1, 0.15) is 0 Å². The number of carbonyl (C=O) groups is 1. The molecule has 0 amide bonds. The third kappa shape index (κ3) is 3.61. The Hall–Kier alpha value is -1.56. The number of alkyl halides is 3. The molecule has 0 bridgehead atoms. The van der Waals surface area contributed by atoms with Crippen molar-refractivity contribution in [1.82, 2.24) is 4.90 Å². The van der Waals surface area contributed by atoms with E-state index in [4.69, 9.17) is 5.11 Å². The summed E-state index contributed by atoms with van der Waals surface area (Å²) >= 11 is 0. The second kappa shape index (κ2) is 6.69. The first-order chi connectivity index (χ1) is 10.3. The van der Waals surface area contributed by atoms with Gasteiger partial charge in [-0.1, -0.05) is 25.1 Å². The highest BCUT2D eigenvalue weighted by Gasteiger charge is 2.37. The Kier molecular flexibility index (Phi) is 5.11. The molecule has 0 radical (unpaired) electrons. The van der Waals surface area contributed by atoms with Gasteiger partial charge in [-0.2, -0.15) is 13.2 Å². The lowest BCUT2D eigenvalue weighted by Crippen LogP contribution is -2.39. The van der Waals surface area contributed by atoms with Gasteiger partial charge in [0.2, 0.25) is 0 Å². The number of piperidine rings is 1. The summed E-state index contributed by atoms with van der Waals surface area (Å²) in [5.74, 6) is -1.20. The molecule has 22 heavy (non-hydrogen) atoms. The summed E-state index contributed by atoms with van der Waals surface area (Å²) < 4.78 is 39.6. The molecule has 3 nitrogen and oxygen atoms in total. The van der Waals surface area contributed by atoms with Crippen LogP contribution in [0.1, 0.15) is 43.4 Å². The summed E-state index contributed by atoms with van der Waals surface area (Å²) in [4.78, 5) is 13.0. The molecule has 0 aromatic heterocycles. The highest BCUT2D eigenvalue weighted by molar-refractivity contribution is 5.70. The van der Waals surface area contributed by atoms with Crippen LogP contribution in [0.4, 0.5) is 13.2 Å². The van der Waals surface area contributed by atoms with Gasteiger partial charge < -0.3 is 5.11 Å². The van der Waals surface area contributed by atoms with Gasteiger partial charge in [-0.05, 0) is 44.0 Å². The topological polar surface area (TPSA) is 40.5 Å². The summed E-state index contributed by atoms with van der Waals surface area (Å²) in [5.41, 5.74) is -0.312. The van der Waals surface area contributed by atoms with Crippen molar-refractivity contribution in [1.29, 1.82) is 0 Å². The van der Waals surface area contributed by atoms with Crippen molar-refractivity contribution >= 4 is 5.97 Å². The first kappa shape index (κ1) is 16.8. The minimum absolute atomic E-state index is 0.284. The number of hydrogen-bond donors (Lipinski definition) is 1. The number of aliphatic carboxylic acids is 1. The molecule has 1 N–H and O–H groups in total. The first-order valence-corrected chi connectivity index (χ1v) is 7.47. The SMILES string of the molecule is CCC(c1ccccc1C(F)(F)F)N1CCC(C(=O)O)CC1. The Labute approximate surface area is 127 Å². The lowest BCUT2D eigenvalue weighted by molar-refractivity contribution is -0.143. The maximum absolute atomic E-state index is 13.2. The van der Waals surface area contributed by atoms with Gasteiger partial charge in [-0.3, -0.25) is 9.69 Å². The van der Waals surface area contributed by atoms with Crippen LogP contribution in [-0.4, -0.2) is 29.1 Å². The fourth-order valence-corrected chi connectivity index (χ4v) is 3.18. The fraction of sp³-hybridized carbons (Fsp3) is 0.562. The Morgan fingerprint density at radius 2 is 1.91 bits per heavy atom. The largest absolute Gasteiger partial charge is 0.481 e. The summed E-state index contributed by atoms with van der Waals surface area (Å²) in [5, 5.41) is 9.02. The van der Waals surface area contributed by atoms with Crippen molar-refractivity contribution in [3.63, 3.8) is 0 Å². The molecular formula is C16H20F3NO2. The molecule has 6 heteroatoms. The number of benzene rings is 1. The van der Waals surface area contributed by atoms with Gasteiger partial charge >= 0.3 is 12.1 Å². The Bertz CT molecular complexity index is 522. The summed E-state index contributed by atoms with van der Waals surface area (Å²) in [7, 11) is 0. The zero-order valence-corrected chi connectivity index (χ0v) is 12.4. The molecule has 1 fully saturated rings. The van der Waals surface area contributed by atoms with Crippen LogP contribution in [0.25, 0.3) is 0 Å². The average Bonchev–Trinajstić information content (AvgIpc) is 2.48. The molecule has 1 atom stereocenters. The fourth-order valence-electron chi connectivity index (χ4n) is 3.18. The Morgan fingerprint density at radius 1 is 1.32 bits per heavy atom. The third-order valence-corrected chi connectivity index (χ3v) is 4.33. The number of carboxylic acid groups (broad SMARTS) is 1. The van der Waals surface area contributed by atoms with E-state index in [1.807, 2.05) is 11.8 Å². The monoisotopic (exact) mass is 315 g/mol. The van der Waals surface area contributed by atoms with E-state index in [0.717, 1.165) is 6.07 Å². The molecule has 1 saturated heterocycles. The van der Waals surface area contributed by atoms with Crippen LogP contribution < -0.4 is 0 Å². The van der Waals surface area contributed by atoms with Crippen molar-refractivity contribution in [2.75, 3.05) is 13.1 Å². The minimum atomic E-state index is -4.37. The second-order valence-electron chi connectivity index (χ2n) is 5.66. The molecule has 2 rings (SSSR count). The highest BCUT2D eigenvalue weighted by Crippen LogP contribution is 2.38. The van der Waals surface area contributed by atoms with E-state index in [1.54, 1.807) is 6.07 Å². The predicted molar refractivity (Wildman–Crippen MR) is 76.4 cm³/mol. The molecule has 0 spiro atoms. The summed E-state index contributed by atoms with van der Waals surface area (Å²) in [6.07, 6.45) is -2.84. The predicted octanol–water partition coefficient (Wildman–Crippen LogP) is 3.95. The van der Waals surface area contributed by atoms with Crippen molar-refractivity contribution in [3.8, 4) is 0 Å². The second-order valence-corrected chi connectivity index (χ2v) is 5.66. The van der Waals surface area contributed by atoms with Gasteiger partial charge in [-0.25, -0.2) is 0 Å². The lowest BCUT2D eigenvalue weighted by atomic mass is 9.91. The van der Waals surface area contributed by atoms with Crippen LogP contribution in [0.15, 0.2) is 24.3 Å². The zero-order valence-electron chi connectivity index (χ0n) is 12.4. The molecule has 1 aromatic rings. The molecule has 1 aromatic carbocycles. The number of hydrogen-bond acceptors (Lipinski definition) is 2. The van der Waals surface area contributed by atoms with E-state index >= 15 is 0 Å². The van der Waals surface area contributed by atoms with Crippen LogP contribution in [0, 0.1) is 5.92 Å². The molecule has 1 aliphatic rings. The maximum Gasteiger partial charge on any atom is 0.416 e. The van der Waals surface area contributed by atoms with Crippen LogP contribution in [0.2, 0.25) is 0 Å². The Balaban J connectivity index is 2.22. The van der Waals surface area contributed by atoms with E-state index in [-0.39, 0.29) is 17.5 Å². The molecule has 0 aliphatic carbocycles. The van der Waals surface area contributed by atoms with Crippen LogP contribution in [0.5, 0.6) is 0 Å². The van der Waals surface area contributed by atoms with Gasteiger partial charge in [0.25, 0.3) is 0 Å². The van der Waals surface area contributed by atoms with Crippen LogP contribution >= 0.6 is 0 Å². The number of carboxylic acids is 1. The summed E-state index contributed by atoms with van der Waals surface area (Å²) in [6, 6.07) is 5.34. The smallest absolute Gasteiger partial charge is 0.416 e. The number of nitrogens with zero attached hydrogens (tertiary/aromatic N) is 1. The number of rotatable bonds is 4. The van der Waals surface area contributed by atoms with Crippen molar-refractivity contribution < 1.29 is 23.1 Å².